The number of fused-ring (bicyclic) bond motifs is 4. The van der Waals surface area contributed by atoms with Gasteiger partial charge in [0.25, 0.3) is 0 Å². The van der Waals surface area contributed by atoms with Gasteiger partial charge in [-0.25, -0.2) is 11.0 Å². The van der Waals surface area contributed by atoms with Gasteiger partial charge in [-0.05, 0) is 50.1 Å². The predicted molar refractivity (Wildman–Crippen MR) is 148 cm³/mol. The number of nitriles is 1. The van der Waals surface area contributed by atoms with Crippen molar-refractivity contribution >= 4 is 28.2 Å². The van der Waals surface area contributed by atoms with Gasteiger partial charge < -0.3 is 25.1 Å². The molecular weight excluding hydrogens is 529 g/mol. The van der Waals surface area contributed by atoms with E-state index in [1.807, 2.05) is 0 Å². The predicted octanol–water partition coefficient (Wildman–Crippen LogP) is 2.79. The number of alkyl halides is 1. The number of anilines is 3. The van der Waals surface area contributed by atoms with Crippen molar-refractivity contribution in [2.45, 2.75) is 55.7 Å². The van der Waals surface area contributed by atoms with Crippen LogP contribution in [0.1, 0.15) is 48.1 Å². The van der Waals surface area contributed by atoms with Crippen LogP contribution in [-0.4, -0.2) is 84.0 Å². The van der Waals surface area contributed by atoms with E-state index in [4.69, 9.17) is 32.0 Å². The summed E-state index contributed by atoms with van der Waals surface area (Å²) in [4.78, 5) is 25.9. The molecule has 4 aliphatic heterocycles. The molecule has 4 saturated heterocycles. The van der Waals surface area contributed by atoms with Crippen LogP contribution in [0, 0.1) is 29.2 Å². The zero-order valence-electron chi connectivity index (χ0n) is 22.4. The highest BCUT2D eigenvalue weighted by atomic mass is 32.1. The van der Waals surface area contributed by atoms with Crippen molar-refractivity contribution in [3.63, 3.8) is 0 Å². The summed E-state index contributed by atoms with van der Waals surface area (Å²) in [6.07, 6.45) is 4.69. The van der Waals surface area contributed by atoms with E-state index in [0.717, 1.165) is 70.4 Å². The smallest absolute Gasteiger partial charge is 0.323 e. The second-order valence-electron chi connectivity index (χ2n) is 12.9. The quantitative estimate of drug-likeness (QED) is 0.532. The highest BCUT2D eigenvalue weighted by Gasteiger charge is 2.63. The third-order valence-corrected chi connectivity index (χ3v) is 11.6. The van der Waals surface area contributed by atoms with Gasteiger partial charge in [0, 0.05) is 49.4 Å². The van der Waals surface area contributed by atoms with Gasteiger partial charge >= 0.3 is 6.01 Å². The molecule has 4 atom stereocenters. The highest BCUT2D eigenvalue weighted by molar-refractivity contribution is 7.16. The minimum atomic E-state index is -0.818. The van der Waals surface area contributed by atoms with Gasteiger partial charge in [0.1, 0.15) is 23.8 Å². The lowest BCUT2D eigenvalue weighted by molar-refractivity contribution is 0.107. The monoisotopic (exact) mass is 561 g/mol. The second-order valence-corrected chi connectivity index (χ2v) is 14.1. The summed E-state index contributed by atoms with van der Waals surface area (Å²) in [5.41, 5.74) is 7.63. The first-order valence-electron chi connectivity index (χ1n) is 14.3. The fraction of sp³-hybridized carbons (Fsp3) is 0.679. The van der Waals surface area contributed by atoms with E-state index in [9.17, 15) is 9.65 Å². The van der Waals surface area contributed by atoms with E-state index in [-0.39, 0.29) is 22.4 Å². The van der Waals surface area contributed by atoms with Crippen molar-refractivity contribution in [2.75, 3.05) is 68.0 Å². The standard InChI is InChI=1S/C28H32FN9OS/c1-32-12-27-7-17(27)10-36(15-27)23-33-24(35-25(34-23)39-16-28-4-2-6-38(28)11-18(29)8-28)37-13-26(14-37)5-3-20-21(26)19(9-30)22(31)40-20/h17-18H,2-8,10-16,31H2/t17?,18-,27?,28+/m1/s1. The van der Waals surface area contributed by atoms with Crippen LogP contribution in [0.5, 0.6) is 6.01 Å². The topological polar surface area (TPSA) is 112 Å². The summed E-state index contributed by atoms with van der Waals surface area (Å²) in [5.74, 6) is 1.68. The van der Waals surface area contributed by atoms with Crippen molar-refractivity contribution < 1.29 is 9.13 Å². The highest BCUT2D eigenvalue weighted by Crippen LogP contribution is 2.58. The third-order valence-electron chi connectivity index (χ3n) is 10.6. The number of thiophene rings is 1. The molecule has 6 aliphatic rings. The molecule has 0 bridgehead atoms. The third kappa shape index (κ3) is 3.48. The summed E-state index contributed by atoms with van der Waals surface area (Å²) in [6.45, 7) is 12.8. The molecule has 2 aromatic heterocycles. The first kappa shape index (κ1) is 24.6. The number of hydrogen-bond donors (Lipinski definition) is 1. The zero-order chi connectivity index (χ0) is 27.3. The molecule has 10 nitrogen and oxygen atoms in total. The van der Waals surface area contributed by atoms with Crippen LogP contribution < -0.4 is 20.3 Å². The Morgan fingerprint density at radius 1 is 1.15 bits per heavy atom. The maximum atomic E-state index is 14.4. The summed E-state index contributed by atoms with van der Waals surface area (Å²) in [5, 5.41) is 10.4. The van der Waals surface area contributed by atoms with E-state index < -0.39 is 6.17 Å². The molecule has 2 aliphatic carbocycles. The molecule has 5 fully saturated rings. The first-order chi connectivity index (χ1) is 19.4. The molecule has 0 amide bonds. The van der Waals surface area contributed by atoms with E-state index in [2.05, 4.69) is 25.6 Å². The molecule has 2 unspecified atom stereocenters. The normalized spacial score (nSPS) is 32.9. The van der Waals surface area contributed by atoms with Crippen molar-refractivity contribution in [1.82, 2.24) is 19.9 Å². The second kappa shape index (κ2) is 8.40. The largest absolute Gasteiger partial charge is 0.461 e. The summed E-state index contributed by atoms with van der Waals surface area (Å²) < 4.78 is 20.6. The Bertz CT molecular complexity index is 1480. The van der Waals surface area contributed by atoms with Crippen LogP contribution in [0.15, 0.2) is 0 Å². The lowest BCUT2D eigenvalue weighted by Crippen LogP contribution is -2.59. The molecule has 2 aromatic rings. The van der Waals surface area contributed by atoms with E-state index in [1.165, 1.54) is 4.88 Å². The van der Waals surface area contributed by atoms with Crippen molar-refractivity contribution in [3.8, 4) is 12.1 Å². The van der Waals surface area contributed by atoms with Gasteiger partial charge in [0.05, 0.1) is 16.5 Å². The van der Waals surface area contributed by atoms with Crippen LogP contribution in [0.25, 0.3) is 4.85 Å². The Morgan fingerprint density at radius 2 is 1.98 bits per heavy atom. The number of nitrogen functional groups attached to an aromatic ring is 1. The Hall–Kier alpha value is -3.22. The fourth-order valence-corrected chi connectivity index (χ4v) is 9.58. The molecule has 6 heterocycles. The van der Waals surface area contributed by atoms with E-state index in [0.29, 0.717) is 54.5 Å². The maximum Gasteiger partial charge on any atom is 0.323 e. The maximum absolute atomic E-state index is 14.4. The molecular formula is C28H32FN9OS. The number of aromatic nitrogens is 3. The van der Waals surface area contributed by atoms with Gasteiger partial charge in [0.2, 0.25) is 18.4 Å². The van der Waals surface area contributed by atoms with Crippen molar-refractivity contribution in [1.29, 1.82) is 5.26 Å². The van der Waals surface area contributed by atoms with E-state index >= 15 is 0 Å². The Labute approximate surface area is 236 Å². The minimum Gasteiger partial charge on any atom is -0.461 e. The first-order valence-corrected chi connectivity index (χ1v) is 15.1. The molecule has 0 radical (unpaired) electrons. The molecule has 12 heteroatoms. The summed E-state index contributed by atoms with van der Waals surface area (Å²) >= 11 is 1.55. The number of piperidine rings is 1. The van der Waals surface area contributed by atoms with Gasteiger partial charge in [-0.1, -0.05) is 0 Å². The van der Waals surface area contributed by atoms with Gasteiger partial charge in [0.15, 0.2) is 0 Å². The molecule has 208 valence electrons. The van der Waals surface area contributed by atoms with Gasteiger partial charge in [-0.2, -0.15) is 20.2 Å². The van der Waals surface area contributed by atoms with Gasteiger partial charge in [-0.15, -0.1) is 11.3 Å². The number of hydrogen-bond acceptors (Lipinski definition) is 10. The van der Waals surface area contributed by atoms with Crippen LogP contribution >= 0.6 is 11.3 Å². The number of aryl methyl sites for hydroxylation is 1. The van der Waals surface area contributed by atoms with Crippen LogP contribution in [-0.2, 0) is 11.8 Å². The van der Waals surface area contributed by atoms with Crippen molar-refractivity contribution in [2.24, 2.45) is 11.3 Å². The lowest BCUT2D eigenvalue weighted by Gasteiger charge is -2.48. The zero-order valence-corrected chi connectivity index (χ0v) is 23.2. The van der Waals surface area contributed by atoms with Crippen LogP contribution in [0.2, 0.25) is 0 Å². The number of halogens is 1. The minimum absolute atomic E-state index is 0.0620. The summed E-state index contributed by atoms with van der Waals surface area (Å²) in [6, 6.07) is 2.63. The average molecular weight is 562 g/mol. The lowest BCUT2D eigenvalue weighted by atomic mass is 9.74. The van der Waals surface area contributed by atoms with Crippen LogP contribution in [0.4, 0.5) is 21.3 Å². The van der Waals surface area contributed by atoms with Gasteiger partial charge in [-0.3, -0.25) is 4.90 Å². The molecule has 2 N–H and O–H groups in total. The Morgan fingerprint density at radius 3 is 2.77 bits per heavy atom. The van der Waals surface area contributed by atoms with Crippen molar-refractivity contribution in [3.05, 3.63) is 27.4 Å². The summed E-state index contributed by atoms with van der Waals surface area (Å²) in [7, 11) is 0. The molecule has 40 heavy (non-hydrogen) atoms. The number of nitrogens with two attached hydrogens (primary N) is 1. The van der Waals surface area contributed by atoms with Crippen LogP contribution in [0.3, 0.4) is 0 Å². The Kier molecular flexibility index (Phi) is 5.16. The SMILES string of the molecule is [C-]#[N+]CC12CC1CN(c1nc(OC[C@@]34CCCN3C[C@H](F)C4)nc(N3CC4(CCc5sc(N)c(C#N)c54)C3)n1)C2. The number of rotatable bonds is 6. The fourth-order valence-electron chi connectivity index (χ4n) is 8.44. The number of ether oxygens (including phenoxy) is 1. The Balaban J connectivity index is 1.07. The molecule has 8 rings (SSSR count). The molecule has 0 aromatic carbocycles. The number of nitrogens with zero attached hydrogens (tertiary/aromatic N) is 8. The molecule has 1 spiro atoms. The van der Waals surface area contributed by atoms with E-state index in [1.54, 1.807) is 11.3 Å². The molecule has 1 saturated carbocycles. The average Bonchev–Trinajstić information content (AvgIpc) is 3.41.